The number of methoxy groups -OCH3 is 4. The summed E-state index contributed by atoms with van der Waals surface area (Å²) >= 11 is 0. The van der Waals surface area contributed by atoms with Crippen molar-refractivity contribution in [1.82, 2.24) is 4.98 Å². The number of benzene rings is 1. The third-order valence-corrected chi connectivity index (χ3v) is 3.73. The van der Waals surface area contributed by atoms with Gasteiger partial charge in [0.15, 0.2) is 11.5 Å². The average Bonchev–Trinajstić information content (AvgIpc) is 2.66. The van der Waals surface area contributed by atoms with E-state index in [0.29, 0.717) is 28.2 Å². The zero-order chi connectivity index (χ0) is 18.0. The highest BCUT2D eigenvalue weighted by atomic mass is 16.5. The molecule has 2 heterocycles. The Balaban J connectivity index is 2.29. The quantitative estimate of drug-likeness (QED) is 0.704. The van der Waals surface area contributed by atoms with Crippen LogP contribution < -0.4 is 24.4 Å². The van der Waals surface area contributed by atoms with Gasteiger partial charge in [0.05, 0.1) is 33.8 Å². The highest BCUT2D eigenvalue weighted by Gasteiger charge is 2.20. The molecule has 0 atom stereocenters. The second-order valence-corrected chi connectivity index (χ2v) is 5.06. The van der Waals surface area contributed by atoms with E-state index in [1.165, 1.54) is 21.3 Å². The van der Waals surface area contributed by atoms with Crippen LogP contribution in [0.3, 0.4) is 0 Å². The van der Waals surface area contributed by atoms with Gasteiger partial charge in [0, 0.05) is 6.07 Å². The number of pyridine rings is 1. The molecule has 1 aromatic carbocycles. The minimum absolute atomic E-state index is 0.0670. The molecule has 2 aromatic heterocycles. The van der Waals surface area contributed by atoms with Crippen LogP contribution in [0.4, 0.5) is 0 Å². The van der Waals surface area contributed by atoms with Crippen LogP contribution in [0.2, 0.25) is 0 Å². The standard InChI is InChI=1S/C18H17NO6/c1-21-10-5-6-11-14(9-10)25-16(17(23-3)15(11)20)12-7-8-13(22-2)18(19-12)24-4/h5-9H,1-4H3. The predicted molar refractivity (Wildman–Crippen MR) is 91.9 cm³/mol. The van der Waals surface area contributed by atoms with Crippen LogP contribution in [0.1, 0.15) is 0 Å². The molecule has 0 fully saturated rings. The molecule has 0 N–H and O–H groups in total. The maximum atomic E-state index is 12.7. The van der Waals surface area contributed by atoms with Gasteiger partial charge in [-0.2, -0.15) is 0 Å². The van der Waals surface area contributed by atoms with Crippen molar-refractivity contribution in [2.24, 2.45) is 0 Å². The second kappa shape index (κ2) is 6.72. The second-order valence-electron chi connectivity index (χ2n) is 5.06. The first-order valence-corrected chi connectivity index (χ1v) is 7.41. The monoisotopic (exact) mass is 343 g/mol. The molecule has 0 unspecified atom stereocenters. The fourth-order valence-corrected chi connectivity index (χ4v) is 2.49. The summed E-state index contributed by atoms with van der Waals surface area (Å²) in [4.78, 5) is 17.1. The summed E-state index contributed by atoms with van der Waals surface area (Å²) in [5.74, 6) is 1.59. The van der Waals surface area contributed by atoms with Gasteiger partial charge in [-0.3, -0.25) is 4.79 Å². The molecule has 3 aromatic rings. The Bertz CT molecular complexity index is 979. The molecule has 7 heteroatoms. The molecule has 0 aliphatic heterocycles. The third-order valence-electron chi connectivity index (χ3n) is 3.73. The van der Waals surface area contributed by atoms with Crippen molar-refractivity contribution < 1.29 is 23.4 Å². The Labute approximate surface area is 143 Å². The lowest BCUT2D eigenvalue weighted by Crippen LogP contribution is -2.08. The van der Waals surface area contributed by atoms with Gasteiger partial charge in [-0.1, -0.05) is 0 Å². The Morgan fingerprint density at radius 1 is 0.920 bits per heavy atom. The van der Waals surface area contributed by atoms with Crippen molar-refractivity contribution in [2.45, 2.75) is 0 Å². The van der Waals surface area contributed by atoms with Crippen LogP contribution in [0.25, 0.3) is 22.4 Å². The number of aromatic nitrogens is 1. The lowest BCUT2D eigenvalue weighted by Gasteiger charge is -2.11. The maximum Gasteiger partial charge on any atom is 0.257 e. The van der Waals surface area contributed by atoms with E-state index in [2.05, 4.69) is 4.98 Å². The molecule has 0 bridgehead atoms. The van der Waals surface area contributed by atoms with Crippen LogP contribution in [-0.2, 0) is 0 Å². The van der Waals surface area contributed by atoms with Crippen LogP contribution in [0.15, 0.2) is 39.5 Å². The summed E-state index contributed by atoms with van der Waals surface area (Å²) in [5.41, 5.74) is 0.464. The lowest BCUT2D eigenvalue weighted by molar-refractivity contribution is 0.343. The molecular formula is C18H17NO6. The van der Waals surface area contributed by atoms with Gasteiger partial charge in [0.25, 0.3) is 5.88 Å². The number of ether oxygens (including phenoxy) is 4. The van der Waals surface area contributed by atoms with E-state index in [1.54, 1.807) is 37.4 Å². The molecule has 0 spiro atoms. The first-order chi connectivity index (χ1) is 12.1. The molecule has 7 nitrogen and oxygen atoms in total. The fraction of sp³-hybridized carbons (Fsp3) is 0.222. The van der Waals surface area contributed by atoms with Crippen LogP contribution in [0.5, 0.6) is 23.1 Å². The van der Waals surface area contributed by atoms with Crippen LogP contribution >= 0.6 is 0 Å². The summed E-state index contributed by atoms with van der Waals surface area (Å²) in [5, 5.41) is 0.391. The Kier molecular flexibility index (Phi) is 4.47. The molecule has 25 heavy (non-hydrogen) atoms. The van der Waals surface area contributed by atoms with Gasteiger partial charge in [0.2, 0.25) is 11.2 Å². The lowest BCUT2D eigenvalue weighted by atomic mass is 10.1. The summed E-state index contributed by atoms with van der Waals surface area (Å²) in [6.07, 6.45) is 0. The van der Waals surface area contributed by atoms with E-state index in [1.807, 2.05) is 0 Å². The minimum Gasteiger partial charge on any atom is -0.497 e. The zero-order valence-electron chi connectivity index (χ0n) is 14.3. The number of rotatable bonds is 5. The van der Waals surface area contributed by atoms with Crippen LogP contribution in [0, 0.1) is 0 Å². The van der Waals surface area contributed by atoms with Crippen LogP contribution in [-0.4, -0.2) is 33.4 Å². The Hall–Kier alpha value is -3.22. The third kappa shape index (κ3) is 2.84. The summed E-state index contributed by atoms with van der Waals surface area (Å²) in [6.45, 7) is 0. The van der Waals surface area contributed by atoms with E-state index in [9.17, 15) is 4.79 Å². The smallest absolute Gasteiger partial charge is 0.257 e. The number of fused-ring (bicyclic) bond motifs is 1. The van der Waals surface area contributed by atoms with Crippen molar-refractivity contribution in [3.63, 3.8) is 0 Å². The largest absolute Gasteiger partial charge is 0.497 e. The van der Waals surface area contributed by atoms with E-state index in [-0.39, 0.29) is 22.8 Å². The summed E-state index contributed by atoms with van der Waals surface area (Å²) < 4.78 is 26.8. The normalized spacial score (nSPS) is 10.6. The Morgan fingerprint density at radius 2 is 1.72 bits per heavy atom. The highest BCUT2D eigenvalue weighted by molar-refractivity contribution is 5.82. The first kappa shape index (κ1) is 16.6. The molecule has 0 saturated carbocycles. The maximum absolute atomic E-state index is 12.7. The van der Waals surface area contributed by atoms with E-state index >= 15 is 0 Å². The highest BCUT2D eigenvalue weighted by Crippen LogP contribution is 2.34. The molecule has 0 saturated heterocycles. The SMILES string of the molecule is COc1ccc2c(=O)c(OC)c(-c3ccc(OC)c(OC)n3)oc2c1. The topological polar surface area (TPSA) is 80.0 Å². The number of hydrogen-bond acceptors (Lipinski definition) is 7. The number of nitrogens with zero attached hydrogens (tertiary/aromatic N) is 1. The van der Waals surface area contributed by atoms with Gasteiger partial charge in [0.1, 0.15) is 17.0 Å². The van der Waals surface area contributed by atoms with E-state index in [4.69, 9.17) is 23.4 Å². The van der Waals surface area contributed by atoms with Crippen molar-refractivity contribution in [1.29, 1.82) is 0 Å². The van der Waals surface area contributed by atoms with Crippen molar-refractivity contribution >= 4 is 11.0 Å². The summed E-state index contributed by atoms with van der Waals surface area (Å²) in [7, 11) is 5.95. The molecular weight excluding hydrogens is 326 g/mol. The van der Waals surface area contributed by atoms with Gasteiger partial charge < -0.3 is 23.4 Å². The van der Waals surface area contributed by atoms with E-state index < -0.39 is 0 Å². The Morgan fingerprint density at radius 3 is 2.36 bits per heavy atom. The van der Waals surface area contributed by atoms with Crippen molar-refractivity contribution in [2.75, 3.05) is 28.4 Å². The van der Waals surface area contributed by atoms with Gasteiger partial charge >= 0.3 is 0 Å². The van der Waals surface area contributed by atoms with Gasteiger partial charge in [-0.05, 0) is 24.3 Å². The zero-order valence-corrected chi connectivity index (χ0v) is 14.3. The fourth-order valence-electron chi connectivity index (χ4n) is 2.49. The average molecular weight is 343 g/mol. The molecule has 0 radical (unpaired) electrons. The predicted octanol–water partition coefficient (Wildman–Crippen LogP) is 2.89. The molecule has 130 valence electrons. The van der Waals surface area contributed by atoms with E-state index in [0.717, 1.165) is 0 Å². The molecule has 0 aliphatic rings. The van der Waals surface area contributed by atoms with Crippen molar-refractivity contribution in [3.05, 3.63) is 40.6 Å². The van der Waals surface area contributed by atoms with Gasteiger partial charge in [-0.15, -0.1) is 0 Å². The molecule has 0 amide bonds. The molecule has 0 aliphatic carbocycles. The molecule has 3 rings (SSSR count). The minimum atomic E-state index is -0.294. The van der Waals surface area contributed by atoms with Crippen molar-refractivity contribution in [3.8, 4) is 34.6 Å². The summed E-state index contributed by atoms with van der Waals surface area (Å²) in [6, 6.07) is 8.30. The van der Waals surface area contributed by atoms with Gasteiger partial charge in [-0.25, -0.2) is 4.98 Å². The number of hydrogen-bond donors (Lipinski definition) is 0. The first-order valence-electron chi connectivity index (χ1n) is 7.41.